The molecule has 198 valence electrons. The van der Waals surface area contributed by atoms with Crippen molar-refractivity contribution in [3.63, 3.8) is 0 Å². The zero-order valence-corrected chi connectivity index (χ0v) is 20.9. The summed E-state index contributed by atoms with van der Waals surface area (Å²) in [6, 6.07) is 2.60. The summed E-state index contributed by atoms with van der Waals surface area (Å²) in [6.45, 7) is 1.68. The molecule has 5 N–H and O–H groups in total. The molecular formula is C30H19NO9. The number of methoxy groups -OCH3 is 1. The van der Waals surface area contributed by atoms with Crippen LogP contribution in [0.2, 0.25) is 0 Å². The molecule has 3 aliphatic carbocycles. The Balaban J connectivity index is 1.59. The number of carboxylic acid groups (broad SMARTS) is 1. The number of anilines is 1. The van der Waals surface area contributed by atoms with Crippen molar-refractivity contribution in [3.05, 3.63) is 69.5 Å². The number of aromatic hydroxyl groups is 3. The highest BCUT2D eigenvalue weighted by Gasteiger charge is 2.85. The zero-order chi connectivity index (χ0) is 28.3. The van der Waals surface area contributed by atoms with E-state index in [1.807, 2.05) is 0 Å². The monoisotopic (exact) mass is 537 g/mol. The Bertz CT molecular complexity index is 1850. The number of benzene rings is 2. The third-order valence-electron chi connectivity index (χ3n) is 8.53. The molecule has 2 aromatic rings. The van der Waals surface area contributed by atoms with Crippen LogP contribution in [0.25, 0.3) is 0 Å². The molecule has 7 rings (SSSR count). The van der Waals surface area contributed by atoms with Gasteiger partial charge in [-0.15, -0.1) is 0 Å². The van der Waals surface area contributed by atoms with Gasteiger partial charge >= 0.3 is 5.97 Å². The summed E-state index contributed by atoms with van der Waals surface area (Å²) < 4.78 is 12.2. The SMILES string of the molecule is COC1=C(C(=O)O)[C@@H](C)[C@@]23O[C@]24c2cc(O)c5c(c2N[C@H]3C#C/C=C/C#CC14)C(=O)c1c(O)ccc(O)c1C5=O. The third-order valence-corrected chi connectivity index (χ3v) is 8.53. The molecule has 4 bridgehead atoms. The molecule has 0 amide bonds. The van der Waals surface area contributed by atoms with Gasteiger partial charge in [-0.25, -0.2) is 4.79 Å². The molecule has 5 aliphatic rings. The lowest BCUT2D eigenvalue weighted by atomic mass is 9.59. The van der Waals surface area contributed by atoms with E-state index < -0.39 is 75.0 Å². The lowest BCUT2D eigenvalue weighted by molar-refractivity contribution is -0.134. The molecule has 40 heavy (non-hydrogen) atoms. The van der Waals surface area contributed by atoms with Crippen molar-refractivity contribution >= 4 is 23.2 Å². The van der Waals surface area contributed by atoms with Crippen LogP contribution in [0.15, 0.2) is 41.7 Å². The minimum absolute atomic E-state index is 0.0284. The van der Waals surface area contributed by atoms with Crippen LogP contribution in [0.3, 0.4) is 0 Å². The average Bonchev–Trinajstić information content (AvgIpc) is 3.64. The van der Waals surface area contributed by atoms with Gasteiger partial charge in [-0.2, -0.15) is 0 Å². The van der Waals surface area contributed by atoms with Crippen LogP contribution in [0, 0.1) is 35.5 Å². The predicted octanol–water partition coefficient (Wildman–Crippen LogP) is 2.16. The Morgan fingerprint density at radius 1 is 0.975 bits per heavy atom. The van der Waals surface area contributed by atoms with E-state index in [0.29, 0.717) is 0 Å². The van der Waals surface area contributed by atoms with E-state index in [2.05, 4.69) is 29.0 Å². The van der Waals surface area contributed by atoms with Gasteiger partial charge in [0.2, 0.25) is 11.6 Å². The maximum absolute atomic E-state index is 13.9. The highest BCUT2D eigenvalue weighted by atomic mass is 16.6. The first-order chi connectivity index (χ1) is 19.1. The van der Waals surface area contributed by atoms with Gasteiger partial charge in [-0.05, 0) is 30.4 Å². The Labute approximate surface area is 226 Å². The van der Waals surface area contributed by atoms with E-state index in [0.717, 1.165) is 12.1 Å². The molecule has 1 saturated heterocycles. The first-order valence-corrected chi connectivity index (χ1v) is 12.3. The number of phenols is 3. The smallest absolute Gasteiger partial charge is 0.335 e. The molecule has 5 atom stereocenters. The Hall–Kier alpha value is -5.19. The molecule has 1 fully saturated rings. The van der Waals surface area contributed by atoms with Crippen molar-refractivity contribution < 1.29 is 44.3 Å². The van der Waals surface area contributed by atoms with E-state index in [9.17, 15) is 34.8 Å². The van der Waals surface area contributed by atoms with Gasteiger partial charge in [-0.1, -0.05) is 30.6 Å². The average molecular weight is 537 g/mol. The number of carbonyl (C=O) groups excluding carboxylic acids is 2. The second kappa shape index (κ2) is 7.47. The number of carboxylic acids is 1. The topological polar surface area (TPSA) is 166 Å². The molecule has 0 aromatic heterocycles. The minimum Gasteiger partial charge on any atom is -0.507 e. The molecule has 2 aliphatic heterocycles. The number of ether oxygens (including phenoxy) is 2. The number of epoxide rings is 1. The first-order valence-electron chi connectivity index (χ1n) is 12.3. The molecular weight excluding hydrogens is 518 g/mol. The van der Waals surface area contributed by atoms with Gasteiger partial charge in [0.05, 0.1) is 40.6 Å². The number of hydrogen-bond acceptors (Lipinski definition) is 9. The van der Waals surface area contributed by atoms with Gasteiger partial charge < -0.3 is 35.2 Å². The minimum atomic E-state index is -1.41. The van der Waals surface area contributed by atoms with Crippen molar-refractivity contribution in [3.8, 4) is 40.9 Å². The summed E-state index contributed by atoms with van der Waals surface area (Å²) in [6.07, 6.45) is 3.04. The van der Waals surface area contributed by atoms with Crippen LogP contribution in [0.4, 0.5) is 5.69 Å². The lowest BCUT2D eigenvalue weighted by Gasteiger charge is -2.43. The number of hydrogen-bond donors (Lipinski definition) is 5. The standard InChI is InChI=1S/C30H19NO9/c1-12-19(28(37)38)27(39-2)13-7-5-3-4-6-8-18-29(12)30(13,40-29)14-11-17(34)22-23(24(14)31-18)26(36)21-16(33)10-9-15(32)20(21)25(22)35/h3-4,9-13,18,31-34H,1-2H3,(H,37,38)/b4-3+/t12-,13?,18+,29+,30-/m1/s1. The first kappa shape index (κ1) is 23.9. The Kier molecular flexibility index (Phi) is 4.46. The molecule has 1 unspecified atom stereocenters. The van der Waals surface area contributed by atoms with Gasteiger partial charge in [0.15, 0.2) is 0 Å². The van der Waals surface area contributed by atoms with E-state index in [-0.39, 0.29) is 33.7 Å². The van der Waals surface area contributed by atoms with Crippen LogP contribution >= 0.6 is 0 Å². The lowest BCUT2D eigenvalue weighted by Crippen LogP contribution is -2.55. The van der Waals surface area contributed by atoms with Gasteiger partial charge in [0.1, 0.15) is 46.2 Å². The highest BCUT2D eigenvalue weighted by molar-refractivity contribution is 6.33. The van der Waals surface area contributed by atoms with Crippen LogP contribution in [-0.2, 0) is 19.9 Å². The summed E-state index contributed by atoms with van der Waals surface area (Å²) >= 11 is 0. The number of fused-ring (bicyclic) bond motifs is 4. The zero-order valence-electron chi connectivity index (χ0n) is 20.9. The Morgan fingerprint density at radius 2 is 1.57 bits per heavy atom. The molecule has 0 radical (unpaired) electrons. The number of carbonyl (C=O) groups is 3. The van der Waals surface area contributed by atoms with E-state index in [4.69, 9.17) is 9.47 Å². The number of allylic oxidation sites excluding steroid dienone is 2. The van der Waals surface area contributed by atoms with Crippen LogP contribution in [0.5, 0.6) is 17.2 Å². The predicted molar refractivity (Wildman–Crippen MR) is 137 cm³/mol. The second-order valence-electron chi connectivity index (χ2n) is 10.1. The van der Waals surface area contributed by atoms with Gasteiger partial charge in [0.25, 0.3) is 0 Å². The number of rotatable bonds is 2. The van der Waals surface area contributed by atoms with Crippen molar-refractivity contribution in [2.24, 2.45) is 11.8 Å². The van der Waals surface area contributed by atoms with Gasteiger partial charge in [-0.3, -0.25) is 9.59 Å². The van der Waals surface area contributed by atoms with Crippen LogP contribution in [0.1, 0.15) is 44.3 Å². The quantitative estimate of drug-likeness (QED) is 0.186. The summed E-state index contributed by atoms with van der Waals surface area (Å²) in [5.41, 5.74) is -3.72. The fourth-order valence-corrected chi connectivity index (χ4v) is 6.93. The number of nitrogens with one attached hydrogen (secondary N) is 1. The molecule has 10 nitrogen and oxygen atoms in total. The van der Waals surface area contributed by atoms with Crippen molar-refractivity contribution in [2.45, 2.75) is 24.2 Å². The molecule has 10 heteroatoms. The molecule has 0 saturated carbocycles. The summed E-state index contributed by atoms with van der Waals surface area (Å²) in [4.78, 5) is 40.0. The van der Waals surface area contributed by atoms with E-state index >= 15 is 0 Å². The fraction of sp³-hybridized carbons (Fsp3) is 0.233. The Morgan fingerprint density at radius 3 is 2.20 bits per heavy atom. The third kappa shape index (κ3) is 2.48. The van der Waals surface area contributed by atoms with Crippen LogP contribution < -0.4 is 5.32 Å². The molecule has 2 aromatic carbocycles. The van der Waals surface area contributed by atoms with E-state index in [1.54, 1.807) is 6.92 Å². The van der Waals surface area contributed by atoms with Gasteiger partial charge in [0, 0.05) is 11.5 Å². The van der Waals surface area contributed by atoms with Crippen molar-refractivity contribution in [2.75, 3.05) is 12.4 Å². The summed E-state index contributed by atoms with van der Waals surface area (Å²) in [7, 11) is 1.34. The van der Waals surface area contributed by atoms with Crippen molar-refractivity contribution in [1.82, 2.24) is 0 Å². The maximum Gasteiger partial charge on any atom is 0.335 e. The van der Waals surface area contributed by atoms with Crippen LogP contribution in [-0.4, -0.2) is 56.7 Å². The summed E-state index contributed by atoms with van der Waals surface area (Å²) in [5.74, 6) is 5.71. The van der Waals surface area contributed by atoms with E-state index in [1.165, 1.54) is 25.3 Å². The summed E-state index contributed by atoms with van der Waals surface area (Å²) in [5, 5.41) is 45.5. The molecule has 2 heterocycles. The fourth-order valence-electron chi connectivity index (χ4n) is 6.93. The second-order valence-corrected chi connectivity index (χ2v) is 10.1. The van der Waals surface area contributed by atoms with Crippen molar-refractivity contribution in [1.29, 1.82) is 0 Å². The number of phenolic OH excluding ortho intramolecular Hbond substituents is 3. The largest absolute Gasteiger partial charge is 0.507 e. The molecule has 0 spiro atoms. The highest BCUT2D eigenvalue weighted by Crippen LogP contribution is 2.74. The normalized spacial score (nSPS) is 30.5. The number of ketones is 2. The number of aliphatic carboxylic acids is 1. The maximum atomic E-state index is 13.9.